The fourth-order valence-electron chi connectivity index (χ4n) is 6.02. The van der Waals surface area contributed by atoms with Crippen molar-refractivity contribution in [3.8, 4) is 58.1 Å². The summed E-state index contributed by atoms with van der Waals surface area (Å²) < 4.78 is 0. The van der Waals surface area contributed by atoms with Gasteiger partial charge in [-0.1, -0.05) is 206 Å². The van der Waals surface area contributed by atoms with E-state index in [1.807, 2.05) is 24.3 Å². The third kappa shape index (κ3) is 10.5. The second kappa shape index (κ2) is 17.1. The Kier molecular flexibility index (Phi) is 11.9. The predicted molar refractivity (Wildman–Crippen MR) is 243 cm³/mol. The van der Waals surface area contributed by atoms with E-state index in [9.17, 15) is 0 Å². The lowest BCUT2D eigenvalue weighted by Crippen LogP contribution is -2.18. The van der Waals surface area contributed by atoms with Gasteiger partial charge in [0, 0.05) is 11.1 Å². The molecule has 0 amide bonds. The van der Waals surface area contributed by atoms with E-state index in [0.29, 0.717) is 0 Å². The molecule has 0 aliphatic carbocycles. The Morgan fingerprint density at radius 2 is 0.500 bits per heavy atom. The normalized spacial score (nSPS) is 12.1. The Morgan fingerprint density at radius 1 is 0.315 bits per heavy atom. The molecule has 0 N–H and O–H groups in total. The monoisotopic (exact) mass is 726 g/mol. The minimum Gasteiger partial charge on any atom is -0.115 e. The molecule has 0 fully saturated rings. The van der Waals surface area contributed by atoms with Crippen LogP contribution in [0.15, 0.2) is 168 Å². The van der Waals surface area contributed by atoms with E-state index < -0.39 is 16.1 Å². The second-order valence-electron chi connectivity index (χ2n) is 14.9. The van der Waals surface area contributed by atoms with Gasteiger partial charge >= 0.3 is 0 Å². The van der Waals surface area contributed by atoms with Crippen molar-refractivity contribution in [2.45, 2.75) is 26.2 Å². The molecule has 0 bridgehead atoms. The standard InChI is InChI=1S/C52H46Si2/c1-7-41-9-21-47(22-10-41)49-25-13-43(14-26-49)33-37-53(3,4)39-35-45-17-29-51(30-18-45)52-31-19-46(20-32-52)36-40-54(5,6)38-34-44-15-27-50(28-16-44)48-23-11-42(8-2)12-24-48/h1-2,9-40H,3-6H3/b37-33+,38-34+,39-35+,40-36+. The summed E-state index contributed by atoms with van der Waals surface area (Å²) in [6.45, 7) is 9.47. The van der Waals surface area contributed by atoms with Crippen LogP contribution >= 0.6 is 0 Å². The summed E-state index contributed by atoms with van der Waals surface area (Å²) in [6, 6.07) is 51.4. The van der Waals surface area contributed by atoms with Crippen molar-refractivity contribution in [1.29, 1.82) is 0 Å². The van der Waals surface area contributed by atoms with Gasteiger partial charge in [-0.15, -0.1) is 12.8 Å². The van der Waals surface area contributed by atoms with Gasteiger partial charge in [0.25, 0.3) is 0 Å². The van der Waals surface area contributed by atoms with Gasteiger partial charge in [0.2, 0.25) is 0 Å². The first kappa shape index (κ1) is 37.6. The Morgan fingerprint density at radius 3 is 0.685 bits per heavy atom. The molecule has 0 radical (unpaired) electrons. The van der Waals surface area contributed by atoms with Crippen LogP contribution in [0.2, 0.25) is 26.2 Å². The Bertz CT molecular complexity index is 2190. The molecule has 0 aromatic heterocycles. The van der Waals surface area contributed by atoms with Gasteiger partial charge in [-0.2, -0.15) is 0 Å². The highest BCUT2D eigenvalue weighted by Crippen LogP contribution is 2.25. The van der Waals surface area contributed by atoms with Crippen LogP contribution in [0.4, 0.5) is 0 Å². The molecule has 0 saturated carbocycles. The number of terminal acetylenes is 2. The highest BCUT2D eigenvalue weighted by Gasteiger charge is 2.13. The van der Waals surface area contributed by atoms with Gasteiger partial charge in [-0.25, -0.2) is 0 Å². The molecule has 6 rings (SSSR count). The summed E-state index contributed by atoms with van der Waals surface area (Å²) >= 11 is 0. The van der Waals surface area contributed by atoms with Crippen LogP contribution in [-0.4, -0.2) is 16.1 Å². The smallest absolute Gasteiger partial charge is 0.0954 e. The summed E-state index contributed by atoms with van der Waals surface area (Å²) in [7, 11) is -3.39. The zero-order chi connectivity index (χ0) is 38.0. The molecule has 0 atom stereocenters. The van der Waals surface area contributed by atoms with Crippen molar-refractivity contribution < 1.29 is 0 Å². The van der Waals surface area contributed by atoms with Crippen LogP contribution in [0.3, 0.4) is 0 Å². The van der Waals surface area contributed by atoms with Crippen LogP contribution in [0, 0.1) is 24.7 Å². The van der Waals surface area contributed by atoms with Gasteiger partial charge in [-0.3, -0.25) is 0 Å². The first-order chi connectivity index (χ1) is 26.1. The Hall–Kier alpha value is -6.17. The molecular weight excluding hydrogens is 681 g/mol. The lowest BCUT2D eigenvalue weighted by Gasteiger charge is -2.12. The van der Waals surface area contributed by atoms with Crippen molar-refractivity contribution in [3.63, 3.8) is 0 Å². The first-order valence-electron chi connectivity index (χ1n) is 18.4. The molecule has 0 aliphatic rings. The number of hydrogen-bond donors (Lipinski definition) is 0. The maximum atomic E-state index is 5.50. The van der Waals surface area contributed by atoms with Gasteiger partial charge in [0.1, 0.15) is 0 Å². The minimum atomic E-state index is -1.69. The highest BCUT2D eigenvalue weighted by molar-refractivity contribution is 6.88. The van der Waals surface area contributed by atoms with Crippen LogP contribution in [0.25, 0.3) is 57.7 Å². The summed E-state index contributed by atoms with van der Waals surface area (Å²) in [4.78, 5) is 0. The second-order valence-corrected chi connectivity index (χ2v) is 23.5. The number of benzene rings is 6. The Labute approximate surface area is 325 Å². The average molecular weight is 727 g/mol. The van der Waals surface area contributed by atoms with E-state index >= 15 is 0 Å². The largest absolute Gasteiger partial charge is 0.115 e. The zero-order valence-corrected chi connectivity index (χ0v) is 33.6. The predicted octanol–water partition coefficient (Wildman–Crippen LogP) is 13.7. The van der Waals surface area contributed by atoms with Crippen molar-refractivity contribution in [3.05, 3.63) is 202 Å². The molecule has 6 aromatic carbocycles. The average Bonchev–Trinajstić information content (AvgIpc) is 3.22. The molecule has 0 aliphatic heterocycles. The summed E-state index contributed by atoms with van der Waals surface area (Å²) in [5, 5.41) is 0. The van der Waals surface area contributed by atoms with E-state index in [0.717, 1.165) is 11.1 Å². The van der Waals surface area contributed by atoms with Crippen LogP contribution < -0.4 is 0 Å². The van der Waals surface area contributed by atoms with E-state index in [4.69, 9.17) is 12.8 Å². The van der Waals surface area contributed by atoms with Crippen LogP contribution in [-0.2, 0) is 0 Å². The quantitative estimate of drug-likeness (QED) is 0.0921. The molecule has 54 heavy (non-hydrogen) atoms. The van der Waals surface area contributed by atoms with Crippen molar-refractivity contribution in [2.75, 3.05) is 0 Å². The number of rotatable bonds is 11. The van der Waals surface area contributed by atoms with E-state index in [-0.39, 0.29) is 0 Å². The fourth-order valence-corrected chi connectivity index (χ4v) is 8.73. The summed E-state index contributed by atoms with van der Waals surface area (Å²) in [5.74, 6) is 5.36. The lowest BCUT2D eigenvalue weighted by molar-refractivity contribution is 1.58. The third-order valence-electron chi connectivity index (χ3n) is 9.57. The fraction of sp³-hybridized carbons (Fsp3) is 0.0769. The van der Waals surface area contributed by atoms with Gasteiger partial charge in [-0.05, 0) is 79.9 Å². The molecule has 262 valence electrons. The van der Waals surface area contributed by atoms with Crippen molar-refractivity contribution >= 4 is 40.5 Å². The minimum absolute atomic E-state index is 0.902. The molecule has 2 heteroatoms. The Balaban J connectivity index is 1.01. The molecule has 6 aromatic rings. The zero-order valence-electron chi connectivity index (χ0n) is 31.6. The van der Waals surface area contributed by atoms with E-state index in [2.05, 4.69) is 206 Å². The van der Waals surface area contributed by atoms with Crippen molar-refractivity contribution in [1.82, 2.24) is 0 Å². The summed E-state index contributed by atoms with van der Waals surface area (Å²) in [6.07, 6.45) is 20.1. The van der Waals surface area contributed by atoms with E-state index in [1.165, 1.54) is 55.6 Å². The van der Waals surface area contributed by atoms with Gasteiger partial charge < -0.3 is 0 Å². The highest BCUT2D eigenvalue weighted by atomic mass is 28.3. The molecule has 0 spiro atoms. The molecular formula is C52H46Si2. The number of hydrogen-bond acceptors (Lipinski definition) is 0. The molecule has 0 nitrogen and oxygen atoms in total. The topological polar surface area (TPSA) is 0 Å². The first-order valence-corrected chi connectivity index (χ1v) is 24.7. The third-order valence-corrected chi connectivity index (χ3v) is 13.7. The SMILES string of the molecule is C#Cc1ccc(-c2ccc(/C=C/[Si](C)(C)/C=C/c3ccc(-c4ccc(/C=C/[Si](C)(C)/C=C/c5ccc(-c6ccc(C#C)cc6)cc5)cc4)cc3)cc2)cc1. The maximum Gasteiger partial charge on any atom is 0.0954 e. The summed E-state index contributed by atoms with van der Waals surface area (Å²) in [5.41, 5.74) is 23.4. The maximum absolute atomic E-state index is 5.50. The van der Waals surface area contributed by atoms with Crippen LogP contribution in [0.1, 0.15) is 33.4 Å². The van der Waals surface area contributed by atoms with Gasteiger partial charge in [0.05, 0.1) is 16.1 Å². The van der Waals surface area contributed by atoms with Crippen LogP contribution in [0.5, 0.6) is 0 Å². The molecule has 0 unspecified atom stereocenters. The lowest BCUT2D eigenvalue weighted by atomic mass is 10.0. The van der Waals surface area contributed by atoms with Gasteiger partial charge in [0.15, 0.2) is 0 Å². The molecule has 0 saturated heterocycles. The molecule has 0 heterocycles. The van der Waals surface area contributed by atoms with E-state index in [1.54, 1.807) is 0 Å². The van der Waals surface area contributed by atoms with Crippen molar-refractivity contribution in [2.24, 2.45) is 0 Å².